The summed E-state index contributed by atoms with van der Waals surface area (Å²) in [6, 6.07) is 19.1. The number of anilines is 1. The van der Waals surface area contributed by atoms with Crippen molar-refractivity contribution in [3.05, 3.63) is 94.3 Å². The van der Waals surface area contributed by atoms with Gasteiger partial charge in [-0.3, -0.25) is 9.59 Å². The molecule has 34 heavy (non-hydrogen) atoms. The number of carboxylic acid groups (broad SMARTS) is 1. The fourth-order valence-electron chi connectivity index (χ4n) is 4.32. The molecule has 1 aliphatic heterocycles. The summed E-state index contributed by atoms with van der Waals surface area (Å²) < 4.78 is 7.28. The summed E-state index contributed by atoms with van der Waals surface area (Å²) >= 11 is 0. The van der Waals surface area contributed by atoms with Crippen LogP contribution in [0.4, 0.5) is 5.69 Å². The van der Waals surface area contributed by atoms with Gasteiger partial charge in [-0.05, 0) is 23.6 Å². The first-order valence-corrected chi connectivity index (χ1v) is 10.7. The third kappa shape index (κ3) is 3.40. The highest BCUT2D eigenvalue weighted by atomic mass is 16.5. The third-order valence-corrected chi connectivity index (χ3v) is 6.09. The Labute approximate surface area is 194 Å². The second-order valence-electron chi connectivity index (χ2n) is 8.25. The molecule has 3 heterocycles. The van der Waals surface area contributed by atoms with Crippen molar-refractivity contribution in [1.82, 2.24) is 9.61 Å². The van der Waals surface area contributed by atoms with Crippen molar-refractivity contribution in [2.45, 2.75) is 25.9 Å². The van der Waals surface area contributed by atoms with E-state index in [-0.39, 0.29) is 17.7 Å². The number of carboxylic acids is 1. The highest BCUT2D eigenvalue weighted by molar-refractivity contribution is 6.49. The lowest BCUT2D eigenvalue weighted by Gasteiger charge is -2.24. The van der Waals surface area contributed by atoms with Gasteiger partial charge in [-0.25, -0.2) is 9.31 Å². The van der Waals surface area contributed by atoms with Gasteiger partial charge in [0, 0.05) is 12.8 Å². The van der Waals surface area contributed by atoms with Crippen LogP contribution in [0.15, 0.2) is 60.7 Å². The molecule has 170 valence electrons. The minimum atomic E-state index is -1.93. The third-order valence-electron chi connectivity index (χ3n) is 6.09. The summed E-state index contributed by atoms with van der Waals surface area (Å²) in [7, 11) is 0. The normalized spacial score (nSPS) is 15.3. The van der Waals surface area contributed by atoms with Gasteiger partial charge < -0.3 is 15.6 Å². The number of rotatable bonds is 5. The average Bonchev–Trinajstić information content (AvgIpc) is 3.06. The monoisotopic (exact) mass is 455 g/mol. The Morgan fingerprint density at radius 3 is 2.21 bits per heavy atom. The SMILES string of the molecule is Cc1c(N)c2c3c(c(Cc4ccccc4)nn2c1Cc1ccccc1)C(=O)C(=O)C(C(=O)O)O3. The van der Waals surface area contributed by atoms with Crippen LogP contribution in [0, 0.1) is 6.92 Å². The maximum atomic E-state index is 13.1. The van der Waals surface area contributed by atoms with E-state index in [2.05, 4.69) is 0 Å². The molecule has 2 aromatic heterocycles. The molecule has 1 unspecified atom stereocenters. The molecule has 0 saturated heterocycles. The molecule has 4 aromatic rings. The van der Waals surface area contributed by atoms with E-state index >= 15 is 0 Å². The molecular formula is C26H21N3O5. The number of nitrogen functional groups attached to an aromatic ring is 1. The van der Waals surface area contributed by atoms with Crippen molar-refractivity contribution < 1.29 is 24.2 Å². The molecule has 0 saturated carbocycles. The van der Waals surface area contributed by atoms with Crippen LogP contribution in [-0.4, -0.2) is 38.4 Å². The minimum absolute atomic E-state index is 0.0159. The largest absolute Gasteiger partial charge is 0.478 e. The van der Waals surface area contributed by atoms with Gasteiger partial charge in [0.05, 0.1) is 22.6 Å². The molecule has 0 fully saturated rings. The van der Waals surface area contributed by atoms with Gasteiger partial charge in [0.1, 0.15) is 5.52 Å². The lowest BCUT2D eigenvalue weighted by molar-refractivity contribution is -0.149. The number of hydrogen-bond acceptors (Lipinski definition) is 6. The molecule has 8 heteroatoms. The number of aliphatic carboxylic acids is 1. The molecule has 0 spiro atoms. The van der Waals surface area contributed by atoms with Crippen molar-refractivity contribution in [3.63, 3.8) is 0 Å². The summed E-state index contributed by atoms with van der Waals surface area (Å²) in [4.78, 5) is 37.3. The standard InChI is InChI=1S/C26H21N3O5/c1-14-18(13-16-10-6-3-7-11-16)29-21(20(14)27)24-19(22(30)23(31)25(34-24)26(32)33)17(28-29)12-15-8-4-2-5-9-15/h2-11,25H,12-13,27H2,1H3,(H,32,33). The molecular weight excluding hydrogens is 434 g/mol. The zero-order valence-electron chi connectivity index (χ0n) is 18.3. The van der Waals surface area contributed by atoms with Crippen molar-refractivity contribution in [1.29, 1.82) is 0 Å². The molecule has 0 radical (unpaired) electrons. The van der Waals surface area contributed by atoms with Crippen molar-refractivity contribution >= 4 is 28.7 Å². The number of benzene rings is 2. The van der Waals surface area contributed by atoms with Gasteiger partial charge in [0.25, 0.3) is 11.9 Å². The summed E-state index contributed by atoms with van der Waals surface area (Å²) in [5, 5.41) is 14.3. The second kappa shape index (κ2) is 8.15. The van der Waals surface area contributed by atoms with E-state index in [1.807, 2.05) is 67.6 Å². The molecule has 0 amide bonds. The maximum Gasteiger partial charge on any atom is 0.353 e. The lowest BCUT2D eigenvalue weighted by Crippen LogP contribution is -2.44. The number of carbonyl (C=O) groups is 3. The van der Waals surface area contributed by atoms with Gasteiger partial charge >= 0.3 is 5.97 Å². The minimum Gasteiger partial charge on any atom is -0.478 e. The fourth-order valence-corrected chi connectivity index (χ4v) is 4.32. The molecule has 0 aliphatic carbocycles. The predicted octanol–water partition coefficient (Wildman–Crippen LogP) is 3.00. The summed E-state index contributed by atoms with van der Waals surface area (Å²) in [6.45, 7) is 1.84. The highest BCUT2D eigenvalue weighted by Gasteiger charge is 2.44. The van der Waals surface area contributed by atoms with Gasteiger partial charge in [-0.1, -0.05) is 60.7 Å². The van der Waals surface area contributed by atoms with Crippen LogP contribution in [0.3, 0.4) is 0 Å². The van der Waals surface area contributed by atoms with Gasteiger partial charge in [-0.2, -0.15) is 5.10 Å². The van der Waals surface area contributed by atoms with E-state index in [1.54, 1.807) is 4.52 Å². The zero-order valence-corrected chi connectivity index (χ0v) is 18.3. The first kappa shape index (κ1) is 21.4. The van der Waals surface area contributed by atoms with Gasteiger partial charge in [0.15, 0.2) is 5.75 Å². The van der Waals surface area contributed by atoms with Crippen LogP contribution < -0.4 is 10.5 Å². The van der Waals surface area contributed by atoms with Crippen molar-refractivity contribution in [2.75, 3.05) is 5.73 Å². The Morgan fingerprint density at radius 1 is 1.03 bits per heavy atom. The Hall–Kier alpha value is -4.46. The number of fused-ring (bicyclic) bond motifs is 3. The molecule has 3 N–H and O–H groups in total. The quantitative estimate of drug-likeness (QED) is 0.350. The summed E-state index contributed by atoms with van der Waals surface area (Å²) in [5.41, 5.74) is 10.8. The van der Waals surface area contributed by atoms with E-state index in [1.165, 1.54) is 0 Å². The Morgan fingerprint density at radius 2 is 1.62 bits per heavy atom. The average molecular weight is 455 g/mol. The number of aromatic nitrogens is 2. The zero-order chi connectivity index (χ0) is 24.0. The molecule has 8 nitrogen and oxygen atoms in total. The number of Topliss-reactive ketones (excluding diaryl/α,β-unsaturated/α-hetero) is 2. The molecule has 1 atom stereocenters. The number of nitrogens with two attached hydrogens (primary N) is 1. The molecule has 5 rings (SSSR count). The van der Waals surface area contributed by atoms with E-state index in [4.69, 9.17) is 15.6 Å². The lowest BCUT2D eigenvalue weighted by atomic mass is 9.95. The Balaban J connectivity index is 1.78. The fraction of sp³-hybridized carbons (Fsp3) is 0.154. The van der Waals surface area contributed by atoms with Crippen LogP contribution in [0.2, 0.25) is 0 Å². The van der Waals surface area contributed by atoms with Crippen molar-refractivity contribution in [3.8, 4) is 5.75 Å². The molecule has 1 aliphatic rings. The predicted molar refractivity (Wildman–Crippen MR) is 124 cm³/mol. The van der Waals surface area contributed by atoms with Crippen LogP contribution in [0.1, 0.15) is 38.4 Å². The number of ether oxygens (including phenoxy) is 1. The highest BCUT2D eigenvalue weighted by Crippen LogP contribution is 2.40. The van der Waals surface area contributed by atoms with Crippen LogP contribution in [0.25, 0.3) is 5.52 Å². The number of hydrogen-bond donors (Lipinski definition) is 2. The first-order chi connectivity index (χ1) is 16.4. The molecule has 2 aromatic carbocycles. The Kier molecular flexibility index (Phi) is 5.13. The summed E-state index contributed by atoms with van der Waals surface area (Å²) in [5.74, 6) is -3.61. The van der Waals surface area contributed by atoms with Crippen molar-refractivity contribution in [2.24, 2.45) is 0 Å². The molecule has 0 bridgehead atoms. The number of nitrogens with zero attached hydrogens (tertiary/aromatic N) is 2. The Bertz CT molecular complexity index is 1460. The summed E-state index contributed by atoms with van der Waals surface area (Å²) in [6.07, 6.45) is -1.17. The van der Waals surface area contributed by atoms with Gasteiger partial charge in [-0.15, -0.1) is 0 Å². The van der Waals surface area contributed by atoms with Gasteiger partial charge in [0.2, 0.25) is 5.78 Å². The van der Waals surface area contributed by atoms with Crippen LogP contribution >= 0.6 is 0 Å². The first-order valence-electron chi connectivity index (χ1n) is 10.7. The van der Waals surface area contributed by atoms with E-state index < -0.39 is 23.6 Å². The topological polar surface area (TPSA) is 124 Å². The number of carbonyl (C=O) groups excluding carboxylic acids is 2. The van der Waals surface area contributed by atoms with E-state index in [0.29, 0.717) is 23.3 Å². The number of ketones is 2. The maximum absolute atomic E-state index is 13.1. The van der Waals surface area contributed by atoms with Crippen LogP contribution in [-0.2, 0) is 22.4 Å². The van der Waals surface area contributed by atoms with E-state index in [0.717, 1.165) is 22.4 Å². The second-order valence-corrected chi connectivity index (χ2v) is 8.25. The smallest absolute Gasteiger partial charge is 0.353 e. The van der Waals surface area contributed by atoms with Crippen LogP contribution in [0.5, 0.6) is 5.75 Å². The van der Waals surface area contributed by atoms with E-state index in [9.17, 15) is 19.5 Å².